The van der Waals surface area contributed by atoms with E-state index in [-0.39, 0.29) is 11.7 Å². The highest BCUT2D eigenvalue weighted by molar-refractivity contribution is 5.88. The van der Waals surface area contributed by atoms with Crippen molar-refractivity contribution in [1.29, 1.82) is 0 Å². The number of aromatic nitrogens is 1. The molecule has 1 atom stereocenters. The van der Waals surface area contributed by atoms with Crippen molar-refractivity contribution in [2.45, 2.75) is 19.4 Å². The summed E-state index contributed by atoms with van der Waals surface area (Å²) in [4.78, 5) is 15.4. The minimum atomic E-state index is -0.947. The highest BCUT2D eigenvalue weighted by Crippen LogP contribution is 2.12. The summed E-state index contributed by atoms with van der Waals surface area (Å²) >= 11 is 0. The molecule has 6 heteroatoms. The van der Waals surface area contributed by atoms with Crippen LogP contribution >= 0.6 is 0 Å². The van der Waals surface area contributed by atoms with Gasteiger partial charge >= 0.3 is 5.97 Å². The number of hydrogen-bond donors (Lipinski definition) is 2. The van der Waals surface area contributed by atoms with E-state index in [4.69, 9.17) is 14.6 Å². The lowest BCUT2D eigenvalue weighted by atomic mass is 10.2. The summed E-state index contributed by atoms with van der Waals surface area (Å²) in [5.74, 6) is -0.386. The first-order valence-corrected chi connectivity index (χ1v) is 6.36. The zero-order chi connectivity index (χ0) is 13.7. The van der Waals surface area contributed by atoms with Crippen LogP contribution in [0.25, 0.3) is 0 Å². The lowest BCUT2D eigenvalue weighted by Gasteiger charge is -2.23. The lowest BCUT2D eigenvalue weighted by molar-refractivity contribution is -0.0819. The van der Waals surface area contributed by atoms with Crippen LogP contribution in [0, 0.1) is 0 Å². The summed E-state index contributed by atoms with van der Waals surface area (Å²) in [6.45, 7) is 4.26. The Morgan fingerprint density at radius 1 is 1.53 bits per heavy atom. The average molecular weight is 266 g/mol. The van der Waals surface area contributed by atoms with Crippen LogP contribution in [0.5, 0.6) is 0 Å². The fourth-order valence-electron chi connectivity index (χ4n) is 1.86. The van der Waals surface area contributed by atoms with E-state index in [0.29, 0.717) is 38.6 Å². The molecule has 1 unspecified atom stereocenters. The molecule has 0 radical (unpaired) electrons. The van der Waals surface area contributed by atoms with Crippen LogP contribution in [0.4, 0.5) is 5.82 Å². The number of nitrogens with zero attached hydrogens (tertiary/aromatic N) is 1. The van der Waals surface area contributed by atoms with E-state index in [0.717, 1.165) is 5.69 Å². The predicted octanol–water partition coefficient (Wildman–Crippen LogP) is 1.17. The maximum atomic E-state index is 11.0. The van der Waals surface area contributed by atoms with Crippen LogP contribution in [-0.4, -0.2) is 48.5 Å². The van der Waals surface area contributed by atoms with Gasteiger partial charge in [0, 0.05) is 12.2 Å². The molecule has 104 valence electrons. The van der Waals surface area contributed by atoms with Crippen LogP contribution < -0.4 is 5.32 Å². The molecule has 0 amide bonds. The number of carboxylic acids is 1. The number of rotatable bonds is 5. The third kappa shape index (κ3) is 3.90. The second kappa shape index (κ2) is 6.49. The van der Waals surface area contributed by atoms with Gasteiger partial charge in [-0.05, 0) is 18.6 Å². The number of ether oxygens (including phenoxy) is 2. The van der Waals surface area contributed by atoms with Crippen LogP contribution in [0.3, 0.4) is 0 Å². The van der Waals surface area contributed by atoms with Crippen LogP contribution in [-0.2, 0) is 15.9 Å². The number of hydrogen-bond acceptors (Lipinski definition) is 5. The third-order valence-electron chi connectivity index (χ3n) is 2.88. The Morgan fingerprint density at radius 3 is 3.00 bits per heavy atom. The summed E-state index contributed by atoms with van der Waals surface area (Å²) < 4.78 is 10.8. The molecule has 1 fully saturated rings. The molecule has 2 heterocycles. The fraction of sp³-hybridized carbons (Fsp3) is 0.538. The minimum absolute atomic E-state index is 0.0193. The maximum Gasteiger partial charge on any atom is 0.335 e. The Bertz CT molecular complexity index is 444. The van der Waals surface area contributed by atoms with Crippen molar-refractivity contribution in [3.63, 3.8) is 0 Å². The quantitative estimate of drug-likeness (QED) is 0.832. The second-order valence-electron chi connectivity index (χ2n) is 4.34. The average Bonchev–Trinajstić information content (AvgIpc) is 2.45. The van der Waals surface area contributed by atoms with Crippen molar-refractivity contribution in [3.8, 4) is 0 Å². The van der Waals surface area contributed by atoms with Gasteiger partial charge < -0.3 is 19.9 Å². The predicted molar refractivity (Wildman–Crippen MR) is 69.6 cm³/mol. The molecule has 1 aliphatic heterocycles. The Labute approximate surface area is 111 Å². The van der Waals surface area contributed by atoms with Gasteiger partial charge in [0.15, 0.2) is 0 Å². The normalized spacial score (nSPS) is 19.1. The van der Waals surface area contributed by atoms with E-state index in [1.807, 2.05) is 6.92 Å². The highest BCUT2D eigenvalue weighted by atomic mass is 16.6. The number of aromatic carboxylic acids is 1. The molecule has 2 N–H and O–H groups in total. The van der Waals surface area contributed by atoms with Gasteiger partial charge in [0.2, 0.25) is 0 Å². The van der Waals surface area contributed by atoms with E-state index >= 15 is 0 Å². The van der Waals surface area contributed by atoms with Crippen molar-refractivity contribution in [1.82, 2.24) is 4.98 Å². The summed E-state index contributed by atoms with van der Waals surface area (Å²) in [5, 5.41) is 12.2. The van der Waals surface area contributed by atoms with Gasteiger partial charge in [-0.25, -0.2) is 9.78 Å². The topological polar surface area (TPSA) is 80.7 Å². The number of carbonyl (C=O) groups is 1. The highest BCUT2D eigenvalue weighted by Gasteiger charge is 2.15. The van der Waals surface area contributed by atoms with E-state index in [1.54, 1.807) is 6.07 Å². The van der Waals surface area contributed by atoms with Gasteiger partial charge in [-0.15, -0.1) is 0 Å². The minimum Gasteiger partial charge on any atom is -0.478 e. The summed E-state index contributed by atoms with van der Waals surface area (Å²) in [5.41, 5.74) is 0.998. The monoisotopic (exact) mass is 266 g/mol. The third-order valence-corrected chi connectivity index (χ3v) is 2.88. The molecule has 1 saturated heterocycles. The van der Waals surface area contributed by atoms with Gasteiger partial charge in [0.25, 0.3) is 0 Å². The molecule has 2 rings (SSSR count). The molecule has 0 aliphatic carbocycles. The zero-order valence-electron chi connectivity index (χ0n) is 10.9. The van der Waals surface area contributed by atoms with Crippen LogP contribution in [0.15, 0.2) is 12.1 Å². The van der Waals surface area contributed by atoms with Crippen molar-refractivity contribution in [2.75, 3.05) is 31.7 Å². The van der Waals surface area contributed by atoms with Gasteiger partial charge in [0.05, 0.1) is 31.5 Å². The maximum absolute atomic E-state index is 11.0. The Kier molecular flexibility index (Phi) is 4.70. The largest absolute Gasteiger partial charge is 0.478 e. The molecule has 19 heavy (non-hydrogen) atoms. The first-order chi connectivity index (χ1) is 9.19. The van der Waals surface area contributed by atoms with Crippen molar-refractivity contribution in [2.24, 2.45) is 0 Å². The molecule has 1 aliphatic rings. The number of nitrogens with one attached hydrogen (secondary N) is 1. The van der Waals surface area contributed by atoms with Crippen LogP contribution in [0.1, 0.15) is 23.0 Å². The molecular formula is C13H18N2O4. The summed E-state index contributed by atoms with van der Waals surface area (Å²) in [6, 6.07) is 3.12. The zero-order valence-corrected chi connectivity index (χ0v) is 10.9. The molecule has 1 aromatic heterocycles. The van der Waals surface area contributed by atoms with Gasteiger partial charge in [0.1, 0.15) is 5.82 Å². The molecule has 0 bridgehead atoms. The van der Waals surface area contributed by atoms with Crippen LogP contribution in [0.2, 0.25) is 0 Å². The van der Waals surface area contributed by atoms with E-state index in [1.165, 1.54) is 6.07 Å². The standard InChI is InChI=1S/C13H18N2O4/c1-2-10-5-9(13(16)17)6-12(15-10)14-7-11-8-18-3-4-19-11/h5-6,11H,2-4,7-8H2,1H3,(H,14,15)(H,16,17). The SMILES string of the molecule is CCc1cc(C(=O)O)cc(NCC2COCCO2)n1. The first kappa shape index (κ1) is 13.8. The Morgan fingerprint density at radius 2 is 2.37 bits per heavy atom. The summed E-state index contributed by atoms with van der Waals surface area (Å²) in [6.07, 6.45) is 0.674. The Balaban J connectivity index is 2.02. The van der Waals surface area contributed by atoms with Gasteiger partial charge in [-0.2, -0.15) is 0 Å². The Hall–Kier alpha value is -1.66. The molecule has 0 spiro atoms. The van der Waals surface area contributed by atoms with Crippen molar-refractivity contribution in [3.05, 3.63) is 23.4 Å². The molecule has 0 aromatic carbocycles. The summed E-state index contributed by atoms with van der Waals surface area (Å²) in [7, 11) is 0. The number of pyridine rings is 1. The van der Waals surface area contributed by atoms with E-state index in [9.17, 15) is 4.79 Å². The first-order valence-electron chi connectivity index (χ1n) is 6.36. The number of anilines is 1. The number of aryl methyl sites for hydroxylation is 1. The number of carboxylic acid groups (broad SMARTS) is 1. The molecule has 6 nitrogen and oxygen atoms in total. The molecule has 0 saturated carbocycles. The van der Waals surface area contributed by atoms with Crippen molar-refractivity contribution < 1.29 is 19.4 Å². The van der Waals surface area contributed by atoms with Crippen molar-refractivity contribution >= 4 is 11.8 Å². The second-order valence-corrected chi connectivity index (χ2v) is 4.34. The van der Waals surface area contributed by atoms with E-state index in [2.05, 4.69) is 10.3 Å². The van der Waals surface area contributed by atoms with E-state index < -0.39 is 5.97 Å². The molecule has 1 aromatic rings. The molecular weight excluding hydrogens is 248 g/mol. The van der Waals surface area contributed by atoms with Gasteiger partial charge in [-0.1, -0.05) is 6.92 Å². The lowest BCUT2D eigenvalue weighted by Crippen LogP contribution is -2.34. The smallest absolute Gasteiger partial charge is 0.335 e. The fourth-order valence-corrected chi connectivity index (χ4v) is 1.86. The van der Waals surface area contributed by atoms with Gasteiger partial charge in [-0.3, -0.25) is 0 Å².